The largest absolute Gasteiger partial charge is 0.413 e. The normalized spacial score (nSPS) is 13.9. The molecule has 1 nitrogen and oxygen atoms in total. The Morgan fingerprint density at radius 2 is 1.60 bits per heavy atom. The Hall–Kier alpha value is -0.643. The third-order valence-electron chi connectivity index (χ3n) is 3.32. The second-order valence-corrected chi connectivity index (χ2v) is 9.97. The summed E-state index contributed by atoms with van der Waals surface area (Å²) in [5, 5.41) is 2.53. The molecule has 0 aliphatic carbocycles. The average molecular weight is 351 g/mol. The van der Waals surface area contributed by atoms with E-state index in [9.17, 15) is 0 Å². The highest BCUT2D eigenvalue weighted by Crippen LogP contribution is 2.37. The zero-order valence-corrected chi connectivity index (χ0v) is 15.6. The van der Waals surface area contributed by atoms with Gasteiger partial charge in [-0.15, -0.1) is 0 Å². The number of fused-ring (bicyclic) bond motifs is 1. The quantitative estimate of drug-likeness (QED) is 0.646. The maximum absolute atomic E-state index is 6.30. The lowest BCUT2D eigenvalue weighted by atomic mass is 9.84. The lowest BCUT2D eigenvalue weighted by Gasteiger charge is -2.33. The van der Waals surface area contributed by atoms with Crippen molar-refractivity contribution in [1.29, 1.82) is 0 Å². The molecule has 1 atom stereocenters. The predicted molar refractivity (Wildman–Crippen MR) is 93.8 cm³/mol. The molecule has 0 aliphatic rings. The molecule has 0 fully saturated rings. The molecule has 2 rings (SSSR count). The topological polar surface area (TPSA) is 9.23 Å². The van der Waals surface area contributed by atoms with Gasteiger partial charge in [0.15, 0.2) is 9.04 Å². The van der Waals surface area contributed by atoms with Crippen LogP contribution in [0.15, 0.2) is 40.9 Å². The summed E-state index contributed by atoms with van der Waals surface area (Å²) in [7, 11) is -1.08. The zero-order chi connectivity index (χ0) is 14.9. The number of hydrogen-bond acceptors (Lipinski definition) is 1. The molecule has 20 heavy (non-hydrogen) atoms. The van der Waals surface area contributed by atoms with Gasteiger partial charge in [0.25, 0.3) is 0 Å². The number of hydrogen-bond donors (Lipinski definition) is 0. The van der Waals surface area contributed by atoms with E-state index in [1.165, 1.54) is 16.3 Å². The standard InChI is InChI=1S/C17H23BrOSi/c1-17(2,3)16(19-20(4)5)14-7-6-13-11-15(18)9-8-12(13)10-14/h6-11,16,20H,1-5H3. The van der Waals surface area contributed by atoms with Crippen molar-refractivity contribution >= 4 is 35.7 Å². The van der Waals surface area contributed by atoms with Gasteiger partial charge in [-0.05, 0) is 53.0 Å². The summed E-state index contributed by atoms with van der Waals surface area (Å²) in [6.07, 6.45) is 0.169. The number of rotatable bonds is 3. The van der Waals surface area contributed by atoms with Crippen LogP contribution in [0.2, 0.25) is 13.1 Å². The summed E-state index contributed by atoms with van der Waals surface area (Å²) in [6, 6.07) is 13.1. The van der Waals surface area contributed by atoms with E-state index in [1.807, 2.05) is 0 Å². The molecule has 0 aromatic heterocycles. The molecule has 0 radical (unpaired) electrons. The Balaban J connectivity index is 2.45. The third kappa shape index (κ3) is 3.71. The van der Waals surface area contributed by atoms with Gasteiger partial charge in [-0.2, -0.15) is 0 Å². The molecule has 108 valence electrons. The minimum absolute atomic E-state index is 0.111. The molecule has 0 aliphatic heterocycles. The van der Waals surface area contributed by atoms with Crippen LogP contribution < -0.4 is 0 Å². The monoisotopic (exact) mass is 350 g/mol. The fourth-order valence-electron chi connectivity index (χ4n) is 2.45. The van der Waals surface area contributed by atoms with Crippen molar-refractivity contribution in [2.75, 3.05) is 0 Å². The van der Waals surface area contributed by atoms with E-state index in [2.05, 4.69) is 86.2 Å². The minimum Gasteiger partial charge on any atom is -0.413 e. The van der Waals surface area contributed by atoms with Gasteiger partial charge in [-0.1, -0.05) is 54.9 Å². The van der Waals surface area contributed by atoms with Crippen LogP contribution in [0.5, 0.6) is 0 Å². The Bertz CT molecular complexity index is 601. The van der Waals surface area contributed by atoms with Crippen LogP contribution in [0, 0.1) is 5.41 Å². The number of benzene rings is 2. The van der Waals surface area contributed by atoms with Crippen molar-refractivity contribution in [2.24, 2.45) is 5.41 Å². The highest BCUT2D eigenvalue weighted by molar-refractivity contribution is 9.10. The summed E-state index contributed by atoms with van der Waals surface area (Å²) >= 11 is 3.53. The first kappa shape index (κ1) is 15.7. The van der Waals surface area contributed by atoms with Crippen LogP contribution in [0.3, 0.4) is 0 Å². The van der Waals surface area contributed by atoms with Crippen molar-refractivity contribution in [3.8, 4) is 0 Å². The van der Waals surface area contributed by atoms with Gasteiger partial charge in [-0.25, -0.2) is 0 Å². The van der Waals surface area contributed by atoms with Gasteiger partial charge in [0, 0.05) is 4.47 Å². The van der Waals surface area contributed by atoms with Gasteiger partial charge in [0.1, 0.15) is 0 Å². The molecule has 0 bridgehead atoms. The molecular weight excluding hydrogens is 328 g/mol. The summed E-state index contributed by atoms with van der Waals surface area (Å²) in [6.45, 7) is 11.2. The molecule has 2 aromatic carbocycles. The molecule has 0 amide bonds. The lowest BCUT2D eigenvalue weighted by molar-refractivity contribution is 0.0867. The van der Waals surface area contributed by atoms with E-state index < -0.39 is 9.04 Å². The Labute approximate surface area is 132 Å². The second kappa shape index (κ2) is 6.00. The Morgan fingerprint density at radius 1 is 1.00 bits per heavy atom. The molecule has 3 heteroatoms. The zero-order valence-electron chi connectivity index (χ0n) is 12.9. The van der Waals surface area contributed by atoms with Gasteiger partial charge in [0.05, 0.1) is 6.10 Å². The maximum atomic E-state index is 6.30. The minimum atomic E-state index is -1.08. The van der Waals surface area contributed by atoms with E-state index in [1.54, 1.807) is 0 Å². The second-order valence-electron chi connectivity index (χ2n) is 6.68. The van der Waals surface area contributed by atoms with Crippen LogP contribution in [0.25, 0.3) is 10.8 Å². The summed E-state index contributed by atoms with van der Waals surface area (Å²) < 4.78 is 7.42. The highest BCUT2D eigenvalue weighted by Gasteiger charge is 2.27. The van der Waals surface area contributed by atoms with Gasteiger partial charge < -0.3 is 4.43 Å². The van der Waals surface area contributed by atoms with Crippen molar-refractivity contribution in [1.82, 2.24) is 0 Å². The molecule has 2 aromatic rings. The summed E-state index contributed by atoms with van der Waals surface area (Å²) in [5.41, 5.74) is 1.40. The van der Waals surface area contributed by atoms with E-state index in [0.717, 1.165) is 4.47 Å². The fraction of sp³-hybridized carbons (Fsp3) is 0.412. The molecular formula is C17H23BrOSi. The van der Waals surface area contributed by atoms with Crippen molar-refractivity contribution in [3.05, 3.63) is 46.4 Å². The van der Waals surface area contributed by atoms with Gasteiger partial charge in [-0.3, -0.25) is 0 Å². The highest BCUT2D eigenvalue weighted by atomic mass is 79.9. The maximum Gasteiger partial charge on any atom is 0.171 e. The van der Waals surface area contributed by atoms with Crippen LogP contribution in [0.4, 0.5) is 0 Å². The van der Waals surface area contributed by atoms with Gasteiger partial charge in [0.2, 0.25) is 0 Å². The first-order valence-corrected chi connectivity index (χ1v) is 10.7. The first-order valence-electron chi connectivity index (χ1n) is 7.12. The van der Waals surface area contributed by atoms with Gasteiger partial charge >= 0.3 is 0 Å². The van der Waals surface area contributed by atoms with E-state index in [-0.39, 0.29) is 11.5 Å². The predicted octanol–water partition coefficient (Wildman–Crippen LogP) is 5.69. The molecule has 0 saturated heterocycles. The summed E-state index contributed by atoms with van der Waals surface area (Å²) in [4.78, 5) is 0. The summed E-state index contributed by atoms with van der Waals surface area (Å²) in [5.74, 6) is 0. The van der Waals surface area contributed by atoms with Crippen LogP contribution in [-0.4, -0.2) is 9.04 Å². The first-order chi connectivity index (χ1) is 9.27. The van der Waals surface area contributed by atoms with Crippen LogP contribution >= 0.6 is 15.9 Å². The van der Waals surface area contributed by atoms with Crippen LogP contribution in [0.1, 0.15) is 32.4 Å². The smallest absolute Gasteiger partial charge is 0.171 e. The van der Waals surface area contributed by atoms with Crippen molar-refractivity contribution in [3.63, 3.8) is 0 Å². The van der Waals surface area contributed by atoms with E-state index in [0.29, 0.717) is 0 Å². The average Bonchev–Trinajstić information content (AvgIpc) is 2.34. The SMILES string of the molecule is C[SiH](C)OC(c1ccc2cc(Br)ccc2c1)C(C)(C)C. The molecule has 1 unspecified atom stereocenters. The fourth-order valence-corrected chi connectivity index (χ4v) is 3.94. The molecule has 0 saturated carbocycles. The van der Waals surface area contributed by atoms with Crippen LogP contribution in [-0.2, 0) is 4.43 Å². The van der Waals surface area contributed by atoms with E-state index in [4.69, 9.17) is 4.43 Å². The molecule has 0 spiro atoms. The van der Waals surface area contributed by atoms with Crippen molar-refractivity contribution in [2.45, 2.75) is 40.0 Å². The van der Waals surface area contributed by atoms with Crippen molar-refractivity contribution < 1.29 is 4.43 Å². The third-order valence-corrected chi connectivity index (χ3v) is 4.63. The Kier molecular flexibility index (Phi) is 4.72. The van der Waals surface area contributed by atoms with E-state index >= 15 is 0 Å². The molecule has 0 N–H and O–H groups in total. The Morgan fingerprint density at radius 3 is 2.20 bits per heavy atom. The number of halogens is 1. The molecule has 0 heterocycles. The lowest BCUT2D eigenvalue weighted by Crippen LogP contribution is -2.25.